The molecule has 0 saturated heterocycles. The van der Waals surface area contributed by atoms with Gasteiger partial charge in [-0.1, -0.05) is 66.2 Å². The molecule has 0 aliphatic rings. The molecule has 0 aliphatic carbocycles. The maximum atomic E-state index is 13.9. The van der Waals surface area contributed by atoms with E-state index in [1.54, 1.807) is 15.3 Å². The van der Waals surface area contributed by atoms with E-state index in [1.165, 1.54) is 0 Å². The molecule has 0 bridgehead atoms. The van der Waals surface area contributed by atoms with Crippen LogP contribution in [0.5, 0.6) is 0 Å². The summed E-state index contributed by atoms with van der Waals surface area (Å²) in [6, 6.07) is 27.6. The molecule has 0 saturated carbocycles. The highest BCUT2D eigenvalue weighted by atomic mass is 16.1. The lowest BCUT2D eigenvalue weighted by molar-refractivity contribution is 0.611. The molecule has 1 N–H and O–H groups in total. The second-order valence-corrected chi connectivity index (χ2v) is 9.59. The van der Waals surface area contributed by atoms with Crippen LogP contribution in [-0.4, -0.2) is 18.9 Å². The fraction of sp³-hybridized carbons (Fsp3) is 0.161. The van der Waals surface area contributed by atoms with Crippen LogP contribution in [0.15, 0.2) is 101 Å². The molecule has 3 heterocycles. The Labute approximate surface area is 214 Å². The summed E-state index contributed by atoms with van der Waals surface area (Å²) >= 11 is 0. The van der Waals surface area contributed by atoms with Crippen LogP contribution < -0.4 is 11.1 Å². The number of hydrogen-bond acceptors (Lipinski definition) is 2. The molecule has 6 heteroatoms. The largest absolute Gasteiger partial charge is 0.361 e. The summed E-state index contributed by atoms with van der Waals surface area (Å²) in [7, 11) is 0. The molecule has 3 aromatic heterocycles. The predicted octanol–water partition coefficient (Wildman–Crippen LogP) is 5.34. The van der Waals surface area contributed by atoms with Crippen molar-refractivity contribution in [2.75, 3.05) is 0 Å². The number of benzene rings is 3. The number of aromatic nitrogens is 4. The van der Waals surface area contributed by atoms with E-state index in [-0.39, 0.29) is 11.1 Å². The summed E-state index contributed by atoms with van der Waals surface area (Å²) in [5.41, 5.74) is 6.35. The van der Waals surface area contributed by atoms with Crippen LogP contribution in [0, 0.1) is 13.8 Å². The highest BCUT2D eigenvalue weighted by Gasteiger charge is 2.20. The summed E-state index contributed by atoms with van der Waals surface area (Å²) in [5, 5.41) is 1.74. The number of pyridine rings is 1. The molecule has 0 spiro atoms. The Morgan fingerprint density at radius 2 is 1.62 bits per heavy atom. The Hall–Kier alpha value is -4.58. The van der Waals surface area contributed by atoms with Gasteiger partial charge >= 0.3 is 0 Å². The Bertz CT molecular complexity index is 1870. The van der Waals surface area contributed by atoms with Crippen LogP contribution in [0.4, 0.5) is 0 Å². The molecule has 3 aromatic carbocycles. The zero-order chi connectivity index (χ0) is 25.5. The van der Waals surface area contributed by atoms with Crippen molar-refractivity contribution in [3.63, 3.8) is 0 Å². The highest BCUT2D eigenvalue weighted by Crippen LogP contribution is 2.21. The minimum atomic E-state index is -0.118. The molecule has 37 heavy (non-hydrogen) atoms. The van der Waals surface area contributed by atoms with Crippen LogP contribution in [0.3, 0.4) is 0 Å². The lowest BCUT2D eigenvalue weighted by atomic mass is 10.1. The maximum absolute atomic E-state index is 13.9. The average Bonchev–Trinajstić information content (AvgIpc) is 3.43. The van der Waals surface area contributed by atoms with Gasteiger partial charge in [0, 0.05) is 35.4 Å². The lowest BCUT2D eigenvalue weighted by Gasteiger charge is -2.14. The van der Waals surface area contributed by atoms with Crippen LogP contribution in [0.2, 0.25) is 0 Å². The van der Waals surface area contributed by atoms with E-state index in [4.69, 9.17) is 0 Å². The van der Waals surface area contributed by atoms with E-state index in [9.17, 15) is 9.59 Å². The predicted molar refractivity (Wildman–Crippen MR) is 149 cm³/mol. The van der Waals surface area contributed by atoms with Crippen LogP contribution in [0.25, 0.3) is 27.5 Å². The molecule has 0 aliphatic heterocycles. The zero-order valence-corrected chi connectivity index (χ0v) is 20.9. The Balaban J connectivity index is 1.49. The SMILES string of the molecule is Cc1cccc(Cn2c3cc(=O)n(CCc4c[nH]c5ccccc45)c(C)c3c(=O)n2-c2ccccc2)c1. The number of aryl methyl sites for hydroxylation is 3. The topological polar surface area (TPSA) is 64.7 Å². The molecular weight excluding hydrogens is 460 g/mol. The van der Waals surface area contributed by atoms with Crippen molar-refractivity contribution in [1.29, 1.82) is 0 Å². The van der Waals surface area contributed by atoms with E-state index >= 15 is 0 Å². The first-order valence-corrected chi connectivity index (χ1v) is 12.5. The lowest BCUT2D eigenvalue weighted by Crippen LogP contribution is -2.24. The van der Waals surface area contributed by atoms with E-state index in [0.29, 0.717) is 36.1 Å². The van der Waals surface area contributed by atoms with E-state index in [0.717, 1.165) is 33.3 Å². The second kappa shape index (κ2) is 9.13. The third-order valence-electron chi connectivity index (χ3n) is 7.17. The summed E-state index contributed by atoms with van der Waals surface area (Å²) in [6.07, 6.45) is 2.69. The van der Waals surface area contributed by atoms with Crippen molar-refractivity contribution >= 4 is 21.8 Å². The third-order valence-corrected chi connectivity index (χ3v) is 7.17. The van der Waals surface area contributed by atoms with Crippen LogP contribution in [0.1, 0.15) is 22.4 Å². The molecule has 6 nitrogen and oxygen atoms in total. The van der Waals surface area contributed by atoms with Gasteiger partial charge in [0.2, 0.25) is 0 Å². The highest BCUT2D eigenvalue weighted by molar-refractivity contribution is 5.83. The van der Waals surface area contributed by atoms with Crippen LogP contribution >= 0.6 is 0 Å². The first kappa shape index (κ1) is 22.9. The number of nitrogens with one attached hydrogen (secondary N) is 1. The average molecular weight is 489 g/mol. The summed E-state index contributed by atoms with van der Waals surface area (Å²) in [5.74, 6) is 0. The molecule has 6 rings (SSSR count). The van der Waals surface area contributed by atoms with E-state index < -0.39 is 0 Å². The number of aromatic amines is 1. The van der Waals surface area contributed by atoms with Gasteiger partial charge in [-0.25, -0.2) is 4.68 Å². The van der Waals surface area contributed by atoms with Gasteiger partial charge in [-0.05, 0) is 49.6 Å². The number of fused-ring (bicyclic) bond motifs is 2. The molecule has 0 atom stereocenters. The van der Waals surface area contributed by atoms with Crippen molar-refractivity contribution in [2.24, 2.45) is 0 Å². The molecule has 184 valence electrons. The summed E-state index contributed by atoms with van der Waals surface area (Å²) in [6.45, 7) is 4.91. The van der Waals surface area contributed by atoms with Crippen molar-refractivity contribution in [3.05, 3.63) is 134 Å². The minimum Gasteiger partial charge on any atom is -0.361 e. The van der Waals surface area contributed by atoms with Crippen molar-refractivity contribution < 1.29 is 0 Å². The quantitative estimate of drug-likeness (QED) is 0.344. The molecular formula is C31H28N4O2. The van der Waals surface area contributed by atoms with Gasteiger partial charge in [-0.3, -0.25) is 14.3 Å². The Morgan fingerprint density at radius 1 is 0.838 bits per heavy atom. The van der Waals surface area contributed by atoms with Crippen LogP contribution in [-0.2, 0) is 19.5 Å². The molecule has 0 fully saturated rings. The number of H-pyrrole nitrogens is 1. The number of nitrogens with zero attached hydrogens (tertiary/aromatic N) is 3. The molecule has 0 unspecified atom stereocenters. The minimum absolute atomic E-state index is 0.104. The first-order valence-electron chi connectivity index (χ1n) is 12.5. The van der Waals surface area contributed by atoms with Crippen molar-refractivity contribution in [2.45, 2.75) is 33.4 Å². The van der Waals surface area contributed by atoms with Gasteiger partial charge in [0.15, 0.2) is 0 Å². The number of rotatable bonds is 6. The molecule has 0 amide bonds. The van der Waals surface area contributed by atoms with Crippen molar-refractivity contribution in [1.82, 2.24) is 18.9 Å². The maximum Gasteiger partial charge on any atom is 0.281 e. The second-order valence-electron chi connectivity index (χ2n) is 9.59. The standard InChI is InChI=1S/C31H28N4O2/c1-21-9-8-10-23(17-21)20-34-28-18-29(36)33(16-15-24-19-32-27-14-7-6-13-26(24)27)22(2)30(28)31(37)35(34)25-11-4-3-5-12-25/h3-14,17-19,32H,15-16,20H2,1-2H3. The fourth-order valence-corrected chi connectivity index (χ4v) is 5.36. The third kappa shape index (κ3) is 4.00. The van der Waals surface area contributed by atoms with Crippen molar-refractivity contribution in [3.8, 4) is 5.69 Å². The Kier molecular flexibility index (Phi) is 5.64. The van der Waals surface area contributed by atoms with E-state index in [1.807, 2.05) is 78.5 Å². The molecule has 0 radical (unpaired) electrons. The van der Waals surface area contributed by atoms with Gasteiger partial charge in [0.1, 0.15) is 0 Å². The number of hydrogen-bond donors (Lipinski definition) is 1. The Morgan fingerprint density at radius 3 is 2.43 bits per heavy atom. The summed E-state index contributed by atoms with van der Waals surface area (Å²) in [4.78, 5) is 30.6. The van der Waals surface area contributed by atoms with Gasteiger partial charge in [-0.2, -0.15) is 0 Å². The normalized spacial score (nSPS) is 11.5. The van der Waals surface area contributed by atoms with Gasteiger partial charge < -0.3 is 9.55 Å². The number of para-hydroxylation sites is 2. The smallest absolute Gasteiger partial charge is 0.281 e. The van der Waals surface area contributed by atoms with Gasteiger partial charge in [0.05, 0.1) is 23.1 Å². The van der Waals surface area contributed by atoms with Gasteiger partial charge in [0.25, 0.3) is 11.1 Å². The van der Waals surface area contributed by atoms with Gasteiger partial charge in [-0.15, -0.1) is 0 Å². The fourth-order valence-electron chi connectivity index (χ4n) is 5.36. The zero-order valence-electron chi connectivity index (χ0n) is 20.9. The summed E-state index contributed by atoms with van der Waals surface area (Å²) < 4.78 is 5.36. The monoisotopic (exact) mass is 488 g/mol. The van der Waals surface area contributed by atoms with E-state index in [2.05, 4.69) is 30.1 Å². The molecule has 6 aromatic rings. The first-order chi connectivity index (χ1) is 18.0.